The third-order valence-corrected chi connectivity index (χ3v) is 5.28. The Morgan fingerprint density at radius 1 is 1.33 bits per heavy atom. The van der Waals surface area contributed by atoms with Gasteiger partial charge in [0.05, 0.1) is 22.8 Å². The topological polar surface area (TPSA) is 104 Å². The Morgan fingerprint density at radius 2 is 2.08 bits per heavy atom. The predicted octanol–water partition coefficient (Wildman–Crippen LogP) is 1.69. The fourth-order valence-electron chi connectivity index (χ4n) is 2.85. The van der Waals surface area contributed by atoms with Crippen LogP contribution >= 0.6 is 0 Å². The predicted molar refractivity (Wildman–Crippen MR) is 89.2 cm³/mol. The van der Waals surface area contributed by atoms with Gasteiger partial charge in [-0.3, -0.25) is 5.10 Å². The van der Waals surface area contributed by atoms with E-state index in [0.29, 0.717) is 6.54 Å². The molecule has 1 aromatic heterocycles. The van der Waals surface area contributed by atoms with E-state index in [2.05, 4.69) is 20.8 Å². The molecule has 7 nitrogen and oxygen atoms in total. The number of carbonyl (C=O) groups is 1. The summed E-state index contributed by atoms with van der Waals surface area (Å²) >= 11 is 0. The molecule has 0 aliphatic heterocycles. The van der Waals surface area contributed by atoms with E-state index in [9.17, 15) is 13.2 Å². The van der Waals surface area contributed by atoms with Crippen molar-refractivity contribution in [2.75, 3.05) is 6.26 Å². The number of H-pyrrole nitrogens is 1. The average Bonchev–Trinajstić information content (AvgIpc) is 3.02. The molecule has 0 saturated heterocycles. The van der Waals surface area contributed by atoms with Crippen LogP contribution in [0.5, 0.6) is 0 Å². The molecule has 1 heterocycles. The van der Waals surface area contributed by atoms with Gasteiger partial charge in [-0.05, 0) is 42.5 Å². The minimum atomic E-state index is -3.20. The monoisotopic (exact) mass is 348 g/mol. The number of hydrogen-bond donors (Lipinski definition) is 3. The number of sulfone groups is 1. The van der Waals surface area contributed by atoms with Gasteiger partial charge in [-0.1, -0.05) is 12.1 Å². The van der Waals surface area contributed by atoms with Gasteiger partial charge in [-0.25, -0.2) is 13.2 Å². The van der Waals surface area contributed by atoms with Crippen molar-refractivity contribution in [3.63, 3.8) is 0 Å². The molecule has 2 amide bonds. The average molecular weight is 348 g/mol. The lowest BCUT2D eigenvalue weighted by Crippen LogP contribution is -2.38. The summed E-state index contributed by atoms with van der Waals surface area (Å²) < 4.78 is 22.8. The summed E-state index contributed by atoms with van der Waals surface area (Å²) in [6.07, 6.45) is 5.86. The molecule has 2 aromatic rings. The highest BCUT2D eigenvalue weighted by Gasteiger charge is 2.23. The van der Waals surface area contributed by atoms with Gasteiger partial charge in [0, 0.05) is 12.8 Å². The van der Waals surface area contributed by atoms with Crippen LogP contribution in [0.2, 0.25) is 0 Å². The van der Waals surface area contributed by atoms with Crippen LogP contribution in [0.15, 0.2) is 35.4 Å². The second kappa shape index (κ2) is 6.64. The summed E-state index contributed by atoms with van der Waals surface area (Å²) in [5.41, 5.74) is 2.97. The Balaban J connectivity index is 1.55. The number of hydrogen-bond acceptors (Lipinski definition) is 4. The third kappa shape index (κ3) is 3.76. The lowest BCUT2D eigenvalue weighted by molar-refractivity contribution is 0.235. The molecular weight excluding hydrogens is 328 g/mol. The number of carbonyl (C=O) groups excluding carboxylic acids is 1. The van der Waals surface area contributed by atoms with Crippen molar-refractivity contribution in [2.45, 2.75) is 36.7 Å². The molecule has 1 atom stereocenters. The molecule has 3 N–H and O–H groups in total. The number of aromatic nitrogens is 2. The largest absolute Gasteiger partial charge is 0.334 e. The molecule has 0 radical (unpaired) electrons. The van der Waals surface area contributed by atoms with Crippen LogP contribution in [0.4, 0.5) is 4.79 Å². The van der Waals surface area contributed by atoms with Crippen LogP contribution < -0.4 is 10.6 Å². The van der Waals surface area contributed by atoms with E-state index in [-0.39, 0.29) is 17.0 Å². The number of aryl methyl sites for hydroxylation is 1. The molecular formula is C16H20N4O3S. The summed E-state index contributed by atoms with van der Waals surface area (Å²) in [5.74, 6) is 0. The van der Waals surface area contributed by atoms with Crippen molar-refractivity contribution in [1.82, 2.24) is 20.8 Å². The van der Waals surface area contributed by atoms with Gasteiger partial charge in [-0.2, -0.15) is 5.10 Å². The van der Waals surface area contributed by atoms with E-state index in [1.165, 1.54) is 6.26 Å². The van der Waals surface area contributed by atoms with Gasteiger partial charge in [0.2, 0.25) is 0 Å². The second-order valence-corrected chi connectivity index (χ2v) is 8.01. The van der Waals surface area contributed by atoms with Gasteiger partial charge in [0.15, 0.2) is 9.84 Å². The zero-order valence-electron chi connectivity index (χ0n) is 13.4. The maximum absolute atomic E-state index is 12.1. The summed E-state index contributed by atoms with van der Waals surface area (Å²) in [7, 11) is -3.20. The van der Waals surface area contributed by atoms with Gasteiger partial charge < -0.3 is 10.6 Å². The molecule has 0 fully saturated rings. The van der Waals surface area contributed by atoms with Crippen LogP contribution in [0.25, 0.3) is 0 Å². The normalized spacial score (nSPS) is 17.1. The molecule has 24 heavy (non-hydrogen) atoms. The smallest absolute Gasteiger partial charge is 0.315 e. The van der Waals surface area contributed by atoms with Gasteiger partial charge >= 0.3 is 6.03 Å². The van der Waals surface area contributed by atoms with Crippen molar-refractivity contribution in [2.24, 2.45) is 0 Å². The SMILES string of the molecule is CS(=O)(=O)c1ccc(CNC(=O)NC2CCCc3cn[nH]c32)cc1. The Morgan fingerprint density at radius 3 is 2.79 bits per heavy atom. The maximum Gasteiger partial charge on any atom is 0.315 e. The summed E-state index contributed by atoms with van der Waals surface area (Å²) in [6.45, 7) is 0.332. The highest BCUT2D eigenvalue weighted by Crippen LogP contribution is 2.27. The number of fused-ring (bicyclic) bond motifs is 1. The number of urea groups is 1. The third-order valence-electron chi connectivity index (χ3n) is 4.15. The minimum Gasteiger partial charge on any atom is -0.334 e. The molecule has 3 rings (SSSR count). The van der Waals surface area contributed by atoms with E-state index < -0.39 is 9.84 Å². The standard InChI is InChI=1S/C16H20N4O3S/c1-24(22,23)13-7-5-11(6-8-13)9-17-16(21)19-14-4-2-3-12-10-18-20-15(12)14/h5-8,10,14H,2-4,9H2,1H3,(H,18,20)(H2,17,19,21). The number of rotatable bonds is 4. The highest BCUT2D eigenvalue weighted by atomic mass is 32.2. The van der Waals surface area contributed by atoms with Crippen LogP contribution in [0, 0.1) is 0 Å². The van der Waals surface area contributed by atoms with E-state index in [1.807, 2.05) is 6.20 Å². The quantitative estimate of drug-likeness (QED) is 0.782. The summed E-state index contributed by atoms with van der Waals surface area (Å²) in [4.78, 5) is 12.4. The molecule has 1 aliphatic rings. The molecule has 0 spiro atoms. The number of nitrogens with one attached hydrogen (secondary N) is 3. The lowest BCUT2D eigenvalue weighted by Gasteiger charge is -2.23. The van der Waals surface area contributed by atoms with Crippen molar-refractivity contribution in [1.29, 1.82) is 0 Å². The molecule has 8 heteroatoms. The number of benzene rings is 1. The van der Waals surface area contributed by atoms with Crippen LogP contribution in [0.3, 0.4) is 0 Å². The van der Waals surface area contributed by atoms with Crippen LogP contribution in [-0.4, -0.2) is 30.9 Å². The summed E-state index contributed by atoms with van der Waals surface area (Å²) in [5, 5.41) is 12.7. The van der Waals surface area contributed by atoms with E-state index in [0.717, 1.165) is 36.1 Å². The first-order valence-electron chi connectivity index (χ1n) is 7.79. The number of amides is 2. The van der Waals surface area contributed by atoms with E-state index >= 15 is 0 Å². The van der Waals surface area contributed by atoms with E-state index in [1.54, 1.807) is 24.3 Å². The van der Waals surface area contributed by atoms with Crippen molar-refractivity contribution >= 4 is 15.9 Å². The van der Waals surface area contributed by atoms with Crippen molar-refractivity contribution < 1.29 is 13.2 Å². The van der Waals surface area contributed by atoms with Crippen LogP contribution in [-0.2, 0) is 22.8 Å². The zero-order valence-corrected chi connectivity index (χ0v) is 14.2. The zero-order chi connectivity index (χ0) is 17.2. The maximum atomic E-state index is 12.1. The molecule has 0 saturated carbocycles. The Kier molecular flexibility index (Phi) is 4.57. The first kappa shape index (κ1) is 16.5. The molecule has 128 valence electrons. The van der Waals surface area contributed by atoms with Crippen molar-refractivity contribution in [3.05, 3.63) is 47.3 Å². The first-order valence-corrected chi connectivity index (χ1v) is 9.68. The van der Waals surface area contributed by atoms with Gasteiger partial charge in [0.1, 0.15) is 0 Å². The van der Waals surface area contributed by atoms with Crippen LogP contribution in [0.1, 0.15) is 35.7 Å². The van der Waals surface area contributed by atoms with Crippen molar-refractivity contribution in [3.8, 4) is 0 Å². The Labute approximate surface area is 140 Å². The first-order chi connectivity index (χ1) is 11.4. The minimum absolute atomic E-state index is 0.0520. The molecule has 0 bridgehead atoms. The van der Waals surface area contributed by atoms with Gasteiger partial charge in [0.25, 0.3) is 0 Å². The fraction of sp³-hybridized carbons (Fsp3) is 0.375. The molecule has 1 unspecified atom stereocenters. The summed E-state index contributed by atoms with van der Waals surface area (Å²) in [6, 6.07) is 6.18. The second-order valence-electron chi connectivity index (χ2n) is 6.00. The highest BCUT2D eigenvalue weighted by molar-refractivity contribution is 7.90. The molecule has 1 aromatic carbocycles. The molecule has 1 aliphatic carbocycles. The number of nitrogens with zero attached hydrogens (tertiary/aromatic N) is 1. The van der Waals surface area contributed by atoms with E-state index in [4.69, 9.17) is 0 Å². The Bertz CT molecular complexity index is 827. The van der Waals surface area contributed by atoms with Gasteiger partial charge in [-0.15, -0.1) is 0 Å². The lowest BCUT2D eigenvalue weighted by atomic mass is 9.94. The fourth-order valence-corrected chi connectivity index (χ4v) is 3.48. The Hall–Kier alpha value is -2.35. The number of aromatic amines is 1.